The summed E-state index contributed by atoms with van der Waals surface area (Å²) in [5, 5.41) is 9.92. The van der Waals surface area contributed by atoms with Crippen LogP contribution in [0.4, 0.5) is 0 Å². The molecule has 26 heavy (non-hydrogen) atoms. The lowest BCUT2D eigenvalue weighted by molar-refractivity contribution is 0.440. The number of oxazole rings is 1. The molecule has 130 valence electrons. The average Bonchev–Trinajstić information content (AvgIpc) is 3.04. The van der Waals surface area contributed by atoms with E-state index in [-0.39, 0.29) is 11.8 Å². The quantitative estimate of drug-likeness (QED) is 0.578. The number of phenolic OH excluding ortho intramolecular Hbond substituents is 1. The van der Waals surface area contributed by atoms with Crippen molar-refractivity contribution in [1.29, 1.82) is 0 Å². The van der Waals surface area contributed by atoms with Gasteiger partial charge in [-0.25, -0.2) is 9.97 Å². The first-order valence-corrected chi connectivity index (χ1v) is 8.18. The van der Waals surface area contributed by atoms with Crippen molar-refractivity contribution in [2.24, 2.45) is 0 Å². The van der Waals surface area contributed by atoms with Gasteiger partial charge in [0.1, 0.15) is 17.0 Å². The van der Waals surface area contributed by atoms with E-state index < -0.39 is 0 Å². The zero-order valence-corrected chi connectivity index (χ0v) is 14.6. The van der Waals surface area contributed by atoms with E-state index in [9.17, 15) is 5.11 Å². The van der Waals surface area contributed by atoms with Crippen LogP contribution in [0.5, 0.6) is 17.5 Å². The summed E-state index contributed by atoms with van der Waals surface area (Å²) in [5.41, 5.74) is 4.33. The van der Waals surface area contributed by atoms with Gasteiger partial charge in [-0.2, -0.15) is 4.98 Å². The second-order valence-corrected chi connectivity index (χ2v) is 6.24. The standard InChI is InChI=1S/C20H17N3O3/c1-11-4-6-15(7-5-11)25-20-21-10-16-19(23-20)26-18(22-16)14-8-12(2)17(24)13(3)9-14/h4-10,24H,1-3H3. The molecule has 0 aliphatic rings. The second-order valence-electron chi connectivity index (χ2n) is 6.24. The third-order valence-corrected chi connectivity index (χ3v) is 4.10. The Hall–Kier alpha value is -3.41. The van der Waals surface area contributed by atoms with Crippen molar-refractivity contribution in [3.63, 3.8) is 0 Å². The lowest BCUT2D eigenvalue weighted by Crippen LogP contribution is -1.91. The molecule has 6 heteroatoms. The smallest absolute Gasteiger partial charge is 0.325 e. The van der Waals surface area contributed by atoms with E-state index in [1.165, 1.54) is 0 Å². The third kappa shape index (κ3) is 2.97. The molecule has 6 nitrogen and oxygen atoms in total. The summed E-state index contributed by atoms with van der Waals surface area (Å²) in [6.07, 6.45) is 1.57. The molecule has 0 radical (unpaired) electrons. The predicted octanol–water partition coefficient (Wildman–Crippen LogP) is 4.71. The summed E-state index contributed by atoms with van der Waals surface area (Å²) in [5.74, 6) is 1.35. The number of aromatic hydroxyl groups is 1. The summed E-state index contributed by atoms with van der Waals surface area (Å²) >= 11 is 0. The molecule has 0 atom stereocenters. The monoisotopic (exact) mass is 347 g/mol. The number of nitrogens with zero attached hydrogens (tertiary/aromatic N) is 3. The molecule has 4 aromatic rings. The van der Waals surface area contributed by atoms with Crippen LogP contribution in [0.25, 0.3) is 22.7 Å². The van der Waals surface area contributed by atoms with Crippen LogP contribution in [0.2, 0.25) is 0 Å². The number of hydrogen-bond donors (Lipinski definition) is 1. The van der Waals surface area contributed by atoms with Crippen LogP contribution in [0.15, 0.2) is 47.0 Å². The summed E-state index contributed by atoms with van der Waals surface area (Å²) in [4.78, 5) is 12.9. The van der Waals surface area contributed by atoms with Gasteiger partial charge in [0, 0.05) is 5.56 Å². The number of hydrogen-bond acceptors (Lipinski definition) is 6. The molecule has 0 spiro atoms. The molecule has 0 saturated heterocycles. The summed E-state index contributed by atoms with van der Waals surface area (Å²) < 4.78 is 11.4. The van der Waals surface area contributed by atoms with Crippen molar-refractivity contribution in [1.82, 2.24) is 15.0 Å². The fraction of sp³-hybridized carbons (Fsp3) is 0.150. The summed E-state index contributed by atoms with van der Waals surface area (Å²) in [7, 11) is 0. The Labute approximate surface area is 150 Å². The second kappa shape index (κ2) is 6.15. The average molecular weight is 347 g/mol. The molecular formula is C20H17N3O3. The van der Waals surface area contributed by atoms with E-state index in [0.717, 1.165) is 22.3 Å². The molecule has 2 aromatic heterocycles. The zero-order chi connectivity index (χ0) is 18.3. The maximum atomic E-state index is 9.92. The molecule has 0 saturated carbocycles. The highest BCUT2D eigenvalue weighted by Gasteiger charge is 2.14. The Bertz CT molecular complexity index is 1080. The van der Waals surface area contributed by atoms with Gasteiger partial charge in [-0.1, -0.05) is 17.7 Å². The number of fused-ring (bicyclic) bond motifs is 1. The number of aryl methyl sites for hydroxylation is 3. The molecule has 1 N–H and O–H groups in total. The van der Waals surface area contributed by atoms with Crippen molar-refractivity contribution >= 4 is 11.2 Å². The molecule has 4 rings (SSSR count). The number of aromatic nitrogens is 3. The highest BCUT2D eigenvalue weighted by Crippen LogP contribution is 2.30. The largest absolute Gasteiger partial charge is 0.507 e. The van der Waals surface area contributed by atoms with Gasteiger partial charge in [0.2, 0.25) is 5.89 Å². The Morgan fingerprint density at radius 2 is 1.65 bits per heavy atom. The molecule has 0 aliphatic carbocycles. The lowest BCUT2D eigenvalue weighted by Gasteiger charge is -2.04. The first-order valence-electron chi connectivity index (χ1n) is 8.18. The van der Waals surface area contributed by atoms with Gasteiger partial charge in [-0.15, -0.1) is 0 Å². The molecule has 0 amide bonds. The van der Waals surface area contributed by atoms with Crippen molar-refractivity contribution < 1.29 is 14.3 Å². The van der Waals surface area contributed by atoms with Crippen molar-refractivity contribution in [2.45, 2.75) is 20.8 Å². The minimum Gasteiger partial charge on any atom is -0.507 e. The molecule has 2 aromatic carbocycles. The SMILES string of the molecule is Cc1ccc(Oc2ncc3nc(-c4cc(C)c(O)c(C)c4)oc3n2)cc1. The normalized spacial score (nSPS) is 11.0. The first kappa shape index (κ1) is 16.1. The fourth-order valence-electron chi connectivity index (χ4n) is 2.68. The maximum Gasteiger partial charge on any atom is 0.325 e. The Morgan fingerprint density at radius 1 is 0.962 bits per heavy atom. The number of ether oxygens (including phenoxy) is 1. The van der Waals surface area contributed by atoms with Crippen molar-refractivity contribution in [3.8, 4) is 29.0 Å². The fourth-order valence-corrected chi connectivity index (χ4v) is 2.68. The van der Waals surface area contributed by atoms with Crippen LogP contribution in [0.3, 0.4) is 0 Å². The van der Waals surface area contributed by atoms with Crippen molar-refractivity contribution in [2.75, 3.05) is 0 Å². The van der Waals surface area contributed by atoms with E-state index in [4.69, 9.17) is 9.15 Å². The molecule has 0 aliphatic heterocycles. The molecule has 0 fully saturated rings. The van der Waals surface area contributed by atoms with Crippen LogP contribution < -0.4 is 4.74 Å². The van der Waals surface area contributed by atoms with Gasteiger partial charge >= 0.3 is 6.01 Å². The maximum absolute atomic E-state index is 9.92. The summed E-state index contributed by atoms with van der Waals surface area (Å²) in [6.45, 7) is 5.68. The van der Waals surface area contributed by atoms with Gasteiger partial charge in [-0.3, -0.25) is 0 Å². The van der Waals surface area contributed by atoms with E-state index >= 15 is 0 Å². The van der Waals surface area contributed by atoms with E-state index in [0.29, 0.717) is 22.9 Å². The Kier molecular flexibility index (Phi) is 3.80. The predicted molar refractivity (Wildman–Crippen MR) is 97.4 cm³/mol. The minimum atomic E-state index is 0.196. The molecule has 2 heterocycles. The van der Waals surface area contributed by atoms with Gasteiger partial charge in [0.15, 0.2) is 0 Å². The highest BCUT2D eigenvalue weighted by atomic mass is 16.5. The van der Waals surface area contributed by atoms with Crippen molar-refractivity contribution in [3.05, 3.63) is 59.3 Å². The Morgan fingerprint density at radius 3 is 2.35 bits per heavy atom. The molecule has 0 bridgehead atoms. The third-order valence-electron chi connectivity index (χ3n) is 4.10. The Balaban J connectivity index is 1.68. The van der Waals surface area contributed by atoms with E-state index in [1.54, 1.807) is 6.20 Å². The van der Waals surface area contributed by atoms with E-state index in [2.05, 4.69) is 15.0 Å². The van der Waals surface area contributed by atoms with Gasteiger partial charge in [-0.05, 0) is 56.2 Å². The topological polar surface area (TPSA) is 81.3 Å². The zero-order valence-electron chi connectivity index (χ0n) is 14.6. The van der Waals surface area contributed by atoms with Gasteiger partial charge in [0.25, 0.3) is 5.71 Å². The van der Waals surface area contributed by atoms with Crippen LogP contribution in [0.1, 0.15) is 16.7 Å². The number of rotatable bonds is 3. The van der Waals surface area contributed by atoms with Crippen LogP contribution in [0, 0.1) is 20.8 Å². The van der Waals surface area contributed by atoms with Gasteiger partial charge < -0.3 is 14.3 Å². The minimum absolute atomic E-state index is 0.196. The number of benzene rings is 2. The number of phenols is 1. The van der Waals surface area contributed by atoms with Gasteiger partial charge in [0.05, 0.1) is 6.20 Å². The van der Waals surface area contributed by atoms with E-state index in [1.807, 2.05) is 57.2 Å². The van der Waals surface area contributed by atoms with Crippen LogP contribution >= 0.6 is 0 Å². The highest BCUT2D eigenvalue weighted by molar-refractivity contribution is 5.72. The molecule has 0 unspecified atom stereocenters. The van der Waals surface area contributed by atoms with Crippen LogP contribution in [-0.4, -0.2) is 20.1 Å². The molecular weight excluding hydrogens is 330 g/mol. The van der Waals surface area contributed by atoms with Crippen LogP contribution in [-0.2, 0) is 0 Å². The lowest BCUT2D eigenvalue weighted by atomic mass is 10.1. The summed E-state index contributed by atoms with van der Waals surface area (Å²) in [6, 6.07) is 11.5. The first-order chi connectivity index (χ1) is 12.5.